The van der Waals surface area contributed by atoms with Gasteiger partial charge in [-0.25, -0.2) is 8.78 Å². The molecule has 0 atom stereocenters. The average molecular weight is 322 g/mol. The highest BCUT2D eigenvalue weighted by Crippen LogP contribution is 2.20. The zero-order valence-corrected chi connectivity index (χ0v) is 12.4. The predicted octanol–water partition coefficient (Wildman–Crippen LogP) is 3.99. The van der Waals surface area contributed by atoms with Gasteiger partial charge >= 0.3 is 0 Å². The lowest BCUT2D eigenvalue weighted by molar-refractivity contribution is -0.116. The third-order valence-corrected chi connectivity index (χ3v) is 3.38. The van der Waals surface area contributed by atoms with Crippen molar-refractivity contribution in [3.8, 4) is 0 Å². The van der Waals surface area contributed by atoms with Crippen molar-refractivity contribution in [2.24, 2.45) is 0 Å². The highest BCUT2D eigenvalue weighted by atomic mass is 35.5. The van der Waals surface area contributed by atoms with E-state index in [-0.39, 0.29) is 22.9 Å². The molecule has 2 nitrogen and oxygen atoms in total. The van der Waals surface area contributed by atoms with E-state index >= 15 is 0 Å². The van der Waals surface area contributed by atoms with Crippen LogP contribution in [0.25, 0.3) is 6.08 Å². The molecule has 114 valence electrons. The van der Waals surface area contributed by atoms with Crippen LogP contribution in [0.1, 0.15) is 11.1 Å². The van der Waals surface area contributed by atoms with E-state index in [0.29, 0.717) is 12.0 Å². The third-order valence-electron chi connectivity index (χ3n) is 3.05. The summed E-state index contributed by atoms with van der Waals surface area (Å²) >= 11 is 5.85. The fourth-order valence-corrected chi connectivity index (χ4v) is 2.14. The molecule has 0 saturated heterocycles. The Morgan fingerprint density at radius 1 is 1.09 bits per heavy atom. The summed E-state index contributed by atoms with van der Waals surface area (Å²) in [6.07, 6.45) is 2.90. The maximum atomic E-state index is 13.5. The molecule has 0 saturated carbocycles. The second-order valence-corrected chi connectivity index (χ2v) is 5.01. The van der Waals surface area contributed by atoms with Crippen LogP contribution in [0.2, 0.25) is 5.02 Å². The molecule has 0 spiro atoms. The van der Waals surface area contributed by atoms with E-state index in [2.05, 4.69) is 5.32 Å². The molecule has 0 fully saturated rings. The summed E-state index contributed by atoms with van der Waals surface area (Å²) in [5, 5.41) is 2.84. The highest BCUT2D eigenvalue weighted by Gasteiger charge is 2.04. The van der Waals surface area contributed by atoms with Crippen molar-refractivity contribution in [2.45, 2.75) is 6.42 Å². The lowest BCUT2D eigenvalue weighted by Gasteiger charge is -2.04. The Morgan fingerprint density at radius 2 is 1.82 bits per heavy atom. The first-order chi connectivity index (χ1) is 10.6. The van der Waals surface area contributed by atoms with E-state index in [9.17, 15) is 13.6 Å². The number of carbonyl (C=O) groups is 1. The third kappa shape index (κ3) is 4.40. The fraction of sp³-hybridized carbons (Fsp3) is 0.118. The van der Waals surface area contributed by atoms with Crippen molar-refractivity contribution in [2.75, 3.05) is 6.54 Å². The topological polar surface area (TPSA) is 29.1 Å². The lowest BCUT2D eigenvalue weighted by atomic mass is 10.1. The second-order valence-electron chi connectivity index (χ2n) is 4.60. The van der Waals surface area contributed by atoms with E-state index in [1.54, 1.807) is 24.3 Å². The van der Waals surface area contributed by atoms with Gasteiger partial charge in [0, 0.05) is 18.2 Å². The van der Waals surface area contributed by atoms with Gasteiger partial charge in [0.15, 0.2) is 0 Å². The molecule has 2 aromatic carbocycles. The first kappa shape index (κ1) is 16.2. The highest BCUT2D eigenvalue weighted by molar-refractivity contribution is 6.32. The van der Waals surface area contributed by atoms with E-state index in [1.807, 2.05) is 0 Å². The van der Waals surface area contributed by atoms with Crippen molar-refractivity contribution >= 4 is 23.6 Å². The molecule has 0 heterocycles. The normalized spacial score (nSPS) is 10.9. The summed E-state index contributed by atoms with van der Waals surface area (Å²) < 4.78 is 26.9. The van der Waals surface area contributed by atoms with Crippen molar-refractivity contribution in [3.63, 3.8) is 0 Å². The van der Waals surface area contributed by atoms with Crippen molar-refractivity contribution in [3.05, 3.63) is 76.3 Å². The number of hydrogen-bond donors (Lipinski definition) is 1. The smallest absolute Gasteiger partial charge is 0.244 e. The van der Waals surface area contributed by atoms with Crippen molar-refractivity contribution in [1.29, 1.82) is 0 Å². The Morgan fingerprint density at radius 3 is 2.55 bits per heavy atom. The number of carbonyl (C=O) groups excluding carboxylic acids is 1. The van der Waals surface area contributed by atoms with Crippen LogP contribution in [0.5, 0.6) is 0 Å². The molecule has 0 aliphatic rings. The minimum absolute atomic E-state index is 0.161. The Bertz CT molecular complexity index is 681. The molecule has 0 aromatic heterocycles. The molecule has 2 aromatic rings. The van der Waals surface area contributed by atoms with Crippen LogP contribution in [-0.2, 0) is 11.2 Å². The van der Waals surface area contributed by atoms with Crippen LogP contribution >= 0.6 is 11.6 Å². The van der Waals surface area contributed by atoms with Gasteiger partial charge in [0.1, 0.15) is 11.6 Å². The zero-order chi connectivity index (χ0) is 15.9. The number of benzene rings is 2. The Balaban J connectivity index is 1.88. The molecule has 0 bridgehead atoms. The second kappa shape index (κ2) is 7.71. The van der Waals surface area contributed by atoms with Crippen LogP contribution in [0.3, 0.4) is 0 Å². The van der Waals surface area contributed by atoms with Crippen LogP contribution in [-0.4, -0.2) is 12.5 Å². The first-order valence-corrected chi connectivity index (χ1v) is 7.09. The van der Waals surface area contributed by atoms with Gasteiger partial charge in [-0.3, -0.25) is 4.79 Å². The summed E-state index contributed by atoms with van der Waals surface area (Å²) in [5.41, 5.74) is 0.692. The van der Waals surface area contributed by atoms with Gasteiger partial charge in [-0.2, -0.15) is 0 Å². The molecule has 1 amide bonds. The molecular formula is C17H14ClF2NO. The van der Waals surface area contributed by atoms with Crippen molar-refractivity contribution in [1.82, 2.24) is 5.32 Å². The molecule has 0 aliphatic carbocycles. The summed E-state index contributed by atoms with van der Waals surface area (Å²) in [5.74, 6) is -1.19. The molecule has 5 heteroatoms. The van der Waals surface area contributed by atoms with Gasteiger partial charge in [0.25, 0.3) is 0 Å². The van der Waals surface area contributed by atoms with Gasteiger partial charge in [-0.15, -0.1) is 0 Å². The summed E-state index contributed by atoms with van der Waals surface area (Å²) in [6.45, 7) is 0.287. The standard InChI is InChI=1S/C17H14ClF2NO/c18-14-5-3-7-16(20)13(14)8-9-17(22)21-11-10-12-4-1-2-6-15(12)19/h1-9H,10-11H2,(H,21,22)/b9-8+. The lowest BCUT2D eigenvalue weighted by Crippen LogP contribution is -2.23. The predicted molar refractivity (Wildman–Crippen MR) is 83.6 cm³/mol. The van der Waals surface area contributed by atoms with Crippen LogP contribution in [0.4, 0.5) is 8.78 Å². The van der Waals surface area contributed by atoms with E-state index in [4.69, 9.17) is 11.6 Å². The SMILES string of the molecule is O=C(/C=C/c1c(F)cccc1Cl)NCCc1ccccc1F. The first-order valence-electron chi connectivity index (χ1n) is 6.71. The Hall–Kier alpha value is -2.20. The Kier molecular flexibility index (Phi) is 5.67. The quantitative estimate of drug-likeness (QED) is 0.829. The minimum atomic E-state index is -0.497. The number of hydrogen-bond acceptors (Lipinski definition) is 1. The molecular weight excluding hydrogens is 308 g/mol. The van der Waals surface area contributed by atoms with E-state index in [1.165, 1.54) is 30.4 Å². The molecule has 2 rings (SSSR count). The van der Waals surface area contributed by atoms with Gasteiger partial charge in [0.2, 0.25) is 5.91 Å². The summed E-state index contributed by atoms with van der Waals surface area (Å²) in [7, 11) is 0. The largest absolute Gasteiger partial charge is 0.352 e. The molecule has 0 aliphatic heterocycles. The maximum Gasteiger partial charge on any atom is 0.244 e. The van der Waals surface area contributed by atoms with Gasteiger partial charge in [-0.1, -0.05) is 35.9 Å². The molecule has 0 radical (unpaired) electrons. The monoisotopic (exact) mass is 321 g/mol. The van der Waals surface area contributed by atoms with E-state index < -0.39 is 11.7 Å². The van der Waals surface area contributed by atoms with Crippen LogP contribution in [0.15, 0.2) is 48.5 Å². The van der Waals surface area contributed by atoms with Gasteiger partial charge < -0.3 is 5.32 Å². The Labute approximate surface area is 132 Å². The molecule has 1 N–H and O–H groups in total. The number of amides is 1. The number of nitrogens with one attached hydrogen (secondary N) is 1. The zero-order valence-electron chi connectivity index (χ0n) is 11.7. The van der Waals surface area contributed by atoms with Gasteiger partial charge in [-0.05, 0) is 36.3 Å². The minimum Gasteiger partial charge on any atom is -0.352 e. The number of halogens is 3. The average Bonchev–Trinajstić information content (AvgIpc) is 2.49. The van der Waals surface area contributed by atoms with Crippen molar-refractivity contribution < 1.29 is 13.6 Å². The van der Waals surface area contributed by atoms with Crippen LogP contribution < -0.4 is 5.32 Å². The fourth-order valence-electron chi connectivity index (χ4n) is 1.91. The van der Waals surface area contributed by atoms with Crippen LogP contribution in [0, 0.1) is 11.6 Å². The van der Waals surface area contributed by atoms with E-state index in [0.717, 1.165) is 0 Å². The maximum absolute atomic E-state index is 13.5. The molecule has 0 unspecified atom stereocenters. The van der Waals surface area contributed by atoms with Gasteiger partial charge in [0.05, 0.1) is 5.02 Å². The summed E-state index contributed by atoms with van der Waals surface area (Å²) in [4.78, 5) is 11.7. The molecule has 22 heavy (non-hydrogen) atoms. The number of rotatable bonds is 5. The summed E-state index contributed by atoms with van der Waals surface area (Å²) in [6, 6.07) is 10.7.